The number of benzene rings is 1. The molecule has 112 valence electrons. The van der Waals surface area contributed by atoms with Gasteiger partial charge in [-0.05, 0) is 50.4 Å². The fourth-order valence-corrected chi connectivity index (χ4v) is 2.61. The van der Waals surface area contributed by atoms with Crippen molar-refractivity contribution < 1.29 is 4.74 Å². The number of nitrogens with one attached hydrogen (secondary N) is 1. The van der Waals surface area contributed by atoms with Crippen LogP contribution in [0.5, 0.6) is 5.75 Å². The number of rotatable bonds is 8. The lowest BCUT2D eigenvalue weighted by molar-refractivity contribution is 0.135. The number of nitrogens with zero attached hydrogens (tertiary/aromatic N) is 1. The van der Waals surface area contributed by atoms with E-state index in [-0.39, 0.29) is 0 Å². The van der Waals surface area contributed by atoms with Gasteiger partial charge in [0.05, 0.1) is 6.61 Å². The van der Waals surface area contributed by atoms with Crippen molar-refractivity contribution in [2.24, 2.45) is 0 Å². The normalized spacial score (nSPS) is 15.4. The molecule has 0 aliphatic carbocycles. The predicted octanol–water partition coefficient (Wildman–Crippen LogP) is 2.76. The van der Waals surface area contributed by atoms with Gasteiger partial charge in [0, 0.05) is 25.7 Å². The van der Waals surface area contributed by atoms with Crippen LogP contribution in [-0.2, 0) is 0 Å². The zero-order valence-corrected chi connectivity index (χ0v) is 13.1. The average Bonchev–Trinajstić information content (AvgIpc) is 2.36. The second-order valence-electron chi connectivity index (χ2n) is 5.82. The first-order valence-corrected chi connectivity index (χ1v) is 7.85. The highest BCUT2D eigenvalue weighted by atomic mass is 16.5. The third-order valence-corrected chi connectivity index (χ3v) is 3.98. The maximum atomic E-state index is 5.94. The monoisotopic (exact) mass is 276 g/mol. The molecule has 0 atom stereocenters. The SMILES string of the molecule is CCCN(CCCOc1cc(C)ccc1C)C1CNC1. The van der Waals surface area contributed by atoms with E-state index in [1.54, 1.807) is 0 Å². The maximum Gasteiger partial charge on any atom is 0.122 e. The molecular weight excluding hydrogens is 248 g/mol. The molecule has 1 aromatic carbocycles. The van der Waals surface area contributed by atoms with Gasteiger partial charge in [-0.1, -0.05) is 19.1 Å². The molecule has 1 heterocycles. The molecule has 1 fully saturated rings. The van der Waals surface area contributed by atoms with Gasteiger partial charge in [0.2, 0.25) is 0 Å². The van der Waals surface area contributed by atoms with Crippen LogP contribution in [-0.4, -0.2) is 43.7 Å². The van der Waals surface area contributed by atoms with Gasteiger partial charge in [-0.25, -0.2) is 0 Å². The molecule has 0 unspecified atom stereocenters. The van der Waals surface area contributed by atoms with E-state index in [0.717, 1.165) is 44.5 Å². The highest BCUT2D eigenvalue weighted by Gasteiger charge is 2.23. The molecule has 3 nitrogen and oxygen atoms in total. The van der Waals surface area contributed by atoms with E-state index in [1.807, 2.05) is 0 Å². The van der Waals surface area contributed by atoms with Crippen molar-refractivity contribution in [3.63, 3.8) is 0 Å². The minimum Gasteiger partial charge on any atom is -0.493 e. The molecule has 20 heavy (non-hydrogen) atoms. The van der Waals surface area contributed by atoms with Crippen molar-refractivity contribution in [1.29, 1.82) is 0 Å². The molecule has 0 saturated carbocycles. The topological polar surface area (TPSA) is 24.5 Å². The summed E-state index contributed by atoms with van der Waals surface area (Å²) in [4.78, 5) is 2.60. The Morgan fingerprint density at radius 3 is 2.70 bits per heavy atom. The number of hydrogen-bond donors (Lipinski definition) is 1. The fourth-order valence-electron chi connectivity index (χ4n) is 2.61. The second kappa shape index (κ2) is 7.65. The first kappa shape index (κ1) is 15.3. The van der Waals surface area contributed by atoms with E-state index < -0.39 is 0 Å². The van der Waals surface area contributed by atoms with Gasteiger partial charge in [0.1, 0.15) is 5.75 Å². The molecule has 0 amide bonds. The smallest absolute Gasteiger partial charge is 0.122 e. The van der Waals surface area contributed by atoms with Gasteiger partial charge in [0.25, 0.3) is 0 Å². The summed E-state index contributed by atoms with van der Waals surface area (Å²) >= 11 is 0. The van der Waals surface area contributed by atoms with Crippen LogP contribution >= 0.6 is 0 Å². The summed E-state index contributed by atoms with van der Waals surface area (Å²) < 4.78 is 5.94. The van der Waals surface area contributed by atoms with E-state index in [2.05, 4.69) is 49.2 Å². The first-order chi connectivity index (χ1) is 9.70. The van der Waals surface area contributed by atoms with Crippen LogP contribution in [0.15, 0.2) is 18.2 Å². The van der Waals surface area contributed by atoms with Gasteiger partial charge in [-0.3, -0.25) is 4.90 Å². The molecule has 1 aliphatic heterocycles. The highest BCUT2D eigenvalue weighted by molar-refractivity contribution is 5.35. The third kappa shape index (κ3) is 4.22. The number of hydrogen-bond acceptors (Lipinski definition) is 3. The molecule has 2 rings (SSSR count). The Kier molecular flexibility index (Phi) is 5.86. The van der Waals surface area contributed by atoms with Crippen molar-refractivity contribution in [3.05, 3.63) is 29.3 Å². The summed E-state index contributed by atoms with van der Waals surface area (Å²) in [6.07, 6.45) is 2.33. The molecule has 1 saturated heterocycles. The zero-order chi connectivity index (χ0) is 14.4. The standard InChI is InChI=1S/C17H28N2O/c1-4-8-19(16-12-18-13-16)9-5-10-20-17-11-14(2)6-7-15(17)3/h6-7,11,16,18H,4-5,8-10,12-13H2,1-3H3. The molecule has 1 aliphatic rings. The summed E-state index contributed by atoms with van der Waals surface area (Å²) in [7, 11) is 0. The summed E-state index contributed by atoms with van der Waals surface area (Å²) in [6.45, 7) is 11.9. The van der Waals surface area contributed by atoms with Crippen molar-refractivity contribution in [3.8, 4) is 5.75 Å². The summed E-state index contributed by atoms with van der Waals surface area (Å²) in [6, 6.07) is 7.15. The second-order valence-corrected chi connectivity index (χ2v) is 5.82. The molecule has 0 spiro atoms. The minimum absolute atomic E-state index is 0.746. The molecular formula is C17H28N2O. The lowest BCUT2D eigenvalue weighted by atomic mass is 10.1. The molecule has 0 bridgehead atoms. The molecule has 0 radical (unpaired) electrons. The van der Waals surface area contributed by atoms with Gasteiger partial charge >= 0.3 is 0 Å². The Hall–Kier alpha value is -1.06. The first-order valence-electron chi connectivity index (χ1n) is 7.85. The van der Waals surface area contributed by atoms with Crippen LogP contribution in [0.25, 0.3) is 0 Å². The summed E-state index contributed by atoms with van der Waals surface area (Å²) in [5.41, 5.74) is 2.49. The quantitative estimate of drug-likeness (QED) is 0.739. The van der Waals surface area contributed by atoms with E-state index in [1.165, 1.54) is 24.1 Å². The van der Waals surface area contributed by atoms with E-state index in [0.29, 0.717) is 0 Å². The Morgan fingerprint density at radius 1 is 1.25 bits per heavy atom. The summed E-state index contributed by atoms with van der Waals surface area (Å²) in [5, 5.41) is 3.36. The Bertz CT molecular complexity index is 415. The Labute approximate surface area is 123 Å². The third-order valence-electron chi connectivity index (χ3n) is 3.98. The lowest BCUT2D eigenvalue weighted by Crippen LogP contribution is -2.57. The van der Waals surface area contributed by atoms with Crippen LogP contribution < -0.4 is 10.1 Å². The van der Waals surface area contributed by atoms with Crippen molar-refractivity contribution in [2.75, 3.05) is 32.8 Å². The van der Waals surface area contributed by atoms with Crippen LogP contribution in [0, 0.1) is 13.8 Å². The Balaban J connectivity index is 1.73. The van der Waals surface area contributed by atoms with Gasteiger partial charge in [0.15, 0.2) is 0 Å². The van der Waals surface area contributed by atoms with E-state index in [4.69, 9.17) is 4.74 Å². The highest BCUT2D eigenvalue weighted by Crippen LogP contribution is 2.19. The van der Waals surface area contributed by atoms with Crippen LogP contribution in [0.4, 0.5) is 0 Å². The van der Waals surface area contributed by atoms with Crippen LogP contribution in [0.1, 0.15) is 30.9 Å². The molecule has 3 heteroatoms. The Morgan fingerprint density at radius 2 is 2.05 bits per heavy atom. The number of aryl methyl sites for hydroxylation is 2. The lowest BCUT2D eigenvalue weighted by Gasteiger charge is -2.38. The van der Waals surface area contributed by atoms with Gasteiger partial charge < -0.3 is 10.1 Å². The maximum absolute atomic E-state index is 5.94. The van der Waals surface area contributed by atoms with Crippen molar-refractivity contribution in [1.82, 2.24) is 10.2 Å². The van der Waals surface area contributed by atoms with E-state index in [9.17, 15) is 0 Å². The van der Waals surface area contributed by atoms with Crippen LogP contribution in [0.2, 0.25) is 0 Å². The largest absolute Gasteiger partial charge is 0.493 e. The summed E-state index contributed by atoms with van der Waals surface area (Å²) in [5.74, 6) is 1.04. The zero-order valence-electron chi connectivity index (χ0n) is 13.1. The van der Waals surface area contributed by atoms with Crippen molar-refractivity contribution in [2.45, 2.75) is 39.7 Å². The number of ether oxygens (including phenoxy) is 1. The van der Waals surface area contributed by atoms with Crippen molar-refractivity contribution >= 4 is 0 Å². The van der Waals surface area contributed by atoms with Gasteiger partial charge in [-0.15, -0.1) is 0 Å². The average molecular weight is 276 g/mol. The predicted molar refractivity (Wildman–Crippen MR) is 84.5 cm³/mol. The molecule has 1 N–H and O–H groups in total. The van der Waals surface area contributed by atoms with Gasteiger partial charge in [-0.2, -0.15) is 0 Å². The van der Waals surface area contributed by atoms with Crippen LogP contribution in [0.3, 0.4) is 0 Å². The fraction of sp³-hybridized carbons (Fsp3) is 0.647. The van der Waals surface area contributed by atoms with E-state index >= 15 is 0 Å². The minimum atomic E-state index is 0.746. The molecule has 1 aromatic rings. The molecule has 0 aromatic heterocycles.